The molecule has 1 heterocycles. The van der Waals surface area contributed by atoms with E-state index in [1.165, 1.54) is 9.80 Å². The summed E-state index contributed by atoms with van der Waals surface area (Å²) < 4.78 is 5.28. The third kappa shape index (κ3) is 5.83. The van der Waals surface area contributed by atoms with Crippen molar-refractivity contribution in [2.75, 3.05) is 52.2 Å². The van der Waals surface area contributed by atoms with Crippen LogP contribution in [-0.2, 0) is 9.59 Å². The minimum atomic E-state index is -0.635. The monoisotopic (exact) mass is 426 g/mol. The number of methoxy groups -OCH3 is 1. The lowest BCUT2D eigenvalue weighted by atomic mass is 10.0. The summed E-state index contributed by atoms with van der Waals surface area (Å²) in [5.74, 6) is -0.443. The van der Waals surface area contributed by atoms with E-state index in [-0.39, 0.29) is 6.04 Å². The number of quaternary nitrogens is 2. The van der Waals surface area contributed by atoms with E-state index in [2.05, 4.69) is 17.7 Å². The van der Waals surface area contributed by atoms with Crippen LogP contribution in [-0.4, -0.2) is 58.7 Å². The number of carbonyl (C=O) groups excluding carboxylic acids is 2. The van der Waals surface area contributed by atoms with Crippen molar-refractivity contribution in [3.05, 3.63) is 59.2 Å². The molecule has 1 fully saturated rings. The van der Waals surface area contributed by atoms with E-state index in [0.29, 0.717) is 12.2 Å². The van der Waals surface area contributed by atoms with Crippen LogP contribution < -0.4 is 25.2 Å². The fraction of sp³-hybridized carbons (Fsp3) is 0.417. The number of para-hydroxylation sites is 1. The maximum Gasteiger partial charge on any atom is 0.313 e. The van der Waals surface area contributed by atoms with E-state index in [1.54, 1.807) is 7.11 Å². The second-order valence-electron chi connectivity index (χ2n) is 8.37. The number of benzene rings is 2. The van der Waals surface area contributed by atoms with Crippen molar-refractivity contribution in [2.24, 2.45) is 0 Å². The van der Waals surface area contributed by atoms with Crippen molar-refractivity contribution in [1.82, 2.24) is 5.32 Å². The third-order valence-corrected chi connectivity index (χ3v) is 6.15. The number of hydrogen-bond acceptors (Lipinski definition) is 3. The highest BCUT2D eigenvalue weighted by Crippen LogP contribution is 2.19. The molecule has 1 saturated heterocycles. The molecule has 2 aromatic rings. The van der Waals surface area contributed by atoms with Crippen LogP contribution in [0.4, 0.5) is 5.69 Å². The minimum Gasteiger partial charge on any atom is -0.497 e. The normalized spacial score (nSPS) is 19.4. The Hall–Kier alpha value is -2.90. The van der Waals surface area contributed by atoms with Gasteiger partial charge in [-0.25, -0.2) is 0 Å². The molecule has 0 bridgehead atoms. The molecule has 3 rings (SSSR count). The number of piperazine rings is 1. The molecular weight excluding hydrogens is 392 g/mol. The number of carbonyl (C=O) groups is 2. The Morgan fingerprint density at radius 2 is 1.58 bits per heavy atom. The summed E-state index contributed by atoms with van der Waals surface area (Å²) in [6.07, 6.45) is 0. The van der Waals surface area contributed by atoms with Gasteiger partial charge in [-0.05, 0) is 49.2 Å². The van der Waals surface area contributed by atoms with E-state index in [1.807, 2.05) is 56.3 Å². The van der Waals surface area contributed by atoms with Crippen LogP contribution in [0.25, 0.3) is 0 Å². The Morgan fingerprint density at radius 3 is 2.16 bits per heavy atom. The average Bonchev–Trinajstić information content (AvgIpc) is 2.77. The van der Waals surface area contributed by atoms with Gasteiger partial charge in [-0.1, -0.05) is 18.2 Å². The molecule has 0 radical (unpaired) electrons. The number of amides is 2. The number of anilines is 1. The van der Waals surface area contributed by atoms with Gasteiger partial charge in [0.25, 0.3) is 0 Å². The number of ether oxygens (including phenoxy) is 1. The van der Waals surface area contributed by atoms with Crippen LogP contribution in [0.2, 0.25) is 0 Å². The van der Waals surface area contributed by atoms with Crippen molar-refractivity contribution in [2.45, 2.75) is 19.9 Å². The lowest BCUT2D eigenvalue weighted by molar-refractivity contribution is -1.02. The van der Waals surface area contributed by atoms with Crippen LogP contribution in [0.3, 0.4) is 0 Å². The van der Waals surface area contributed by atoms with Gasteiger partial charge >= 0.3 is 11.8 Å². The highest BCUT2D eigenvalue weighted by Gasteiger charge is 2.30. The summed E-state index contributed by atoms with van der Waals surface area (Å²) in [6.45, 7) is 8.45. The SMILES string of the molecule is COc1ccc([C@@H](CNC(=O)C(=O)Nc2c(C)cccc2C)[NH+]2CC[NH+](C)CC2)cc1. The summed E-state index contributed by atoms with van der Waals surface area (Å²) in [6, 6.07) is 13.8. The molecule has 7 heteroatoms. The van der Waals surface area contributed by atoms with Crippen molar-refractivity contribution in [3.63, 3.8) is 0 Å². The number of nitrogens with one attached hydrogen (secondary N) is 4. The Balaban J connectivity index is 1.68. The van der Waals surface area contributed by atoms with Crippen molar-refractivity contribution >= 4 is 17.5 Å². The van der Waals surface area contributed by atoms with Crippen molar-refractivity contribution in [1.29, 1.82) is 0 Å². The van der Waals surface area contributed by atoms with Crippen LogP contribution in [0.1, 0.15) is 22.7 Å². The first kappa shape index (κ1) is 22.8. The van der Waals surface area contributed by atoms with Crippen molar-refractivity contribution in [3.8, 4) is 5.75 Å². The van der Waals surface area contributed by atoms with Crippen molar-refractivity contribution < 1.29 is 24.1 Å². The first-order valence-corrected chi connectivity index (χ1v) is 10.8. The van der Waals surface area contributed by atoms with Gasteiger partial charge < -0.3 is 25.2 Å². The van der Waals surface area contributed by atoms with Crippen LogP contribution >= 0.6 is 0 Å². The molecule has 1 aliphatic heterocycles. The Morgan fingerprint density at radius 1 is 0.968 bits per heavy atom. The molecule has 4 N–H and O–H groups in total. The fourth-order valence-corrected chi connectivity index (χ4v) is 4.14. The number of aryl methyl sites for hydroxylation is 2. The standard InChI is InChI=1S/C24H32N4O3/c1-17-6-5-7-18(2)22(17)26-24(30)23(29)25-16-21(28-14-12-27(3)13-15-28)19-8-10-20(31-4)11-9-19/h5-11,21H,12-16H2,1-4H3,(H,25,29)(H,26,30)/p+2/t21-/m1/s1. The minimum absolute atomic E-state index is 0.0796. The van der Waals surface area contributed by atoms with E-state index in [9.17, 15) is 9.59 Å². The quantitative estimate of drug-likeness (QED) is 0.472. The molecule has 0 aliphatic carbocycles. The molecule has 0 unspecified atom stereocenters. The zero-order chi connectivity index (χ0) is 22.4. The molecule has 2 amide bonds. The lowest BCUT2D eigenvalue weighted by Crippen LogP contribution is -3.27. The zero-order valence-corrected chi connectivity index (χ0v) is 18.9. The molecule has 7 nitrogen and oxygen atoms in total. The highest BCUT2D eigenvalue weighted by atomic mass is 16.5. The molecule has 166 valence electrons. The second kappa shape index (κ2) is 10.4. The molecule has 0 saturated carbocycles. The fourth-order valence-electron chi connectivity index (χ4n) is 4.14. The summed E-state index contributed by atoms with van der Waals surface area (Å²) in [5.41, 5.74) is 3.69. The Kier molecular flexibility index (Phi) is 7.65. The van der Waals surface area contributed by atoms with E-state index in [4.69, 9.17) is 4.74 Å². The second-order valence-corrected chi connectivity index (χ2v) is 8.37. The third-order valence-electron chi connectivity index (χ3n) is 6.15. The Labute approximate surface area is 184 Å². The lowest BCUT2D eigenvalue weighted by Gasteiger charge is -2.33. The topological polar surface area (TPSA) is 76.3 Å². The average molecular weight is 427 g/mol. The number of likely N-dealkylation sites (N-methyl/N-ethyl adjacent to an activating group) is 1. The van der Waals surface area contributed by atoms with E-state index < -0.39 is 11.8 Å². The molecule has 31 heavy (non-hydrogen) atoms. The van der Waals surface area contributed by atoms with Gasteiger partial charge in [-0.2, -0.15) is 0 Å². The molecule has 1 atom stereocenters. The predicted octanol–water partition coefficient (Wildman–Crippen LogP) is -0.479. The number of rotatable bonds is 6. The van der Waals surface area contributed by atoms with Gasteiger partial charge in [0, 0.05) is 11.3 Å². The van der Waals surface area contributed by atoms with E-state index in [0.717, 1.165) is 48.6 Å². The van der Waals surface area contributed by atoms with Gasteiger partial charge in [0.15, 0.2) is 0 Å². The molecule has 1 aliphatic rings. The maximum absolute atomic E-state index is 12.6. The van der Waals surface area contributed by atoms with Crippen LogP contribution in [0.5, 0.6) is 5.75 Å². The van der Waals surface area contributed by atoms with Gasteiger partial charge in [-0.15, -0.1) is 0 Å². The van der Waals surface area contributed by atoms with E-state index >= 15 is 0 Å². The van der Waals surface area contributed by atoms with Gasteiger partial charge in [0.1, 0.15) is 38.0 Å². The van der Waals surface area contributed by atoms with Crippen LogP contribution in [0, 0.1) is 13.8 Å². The Bertz CT molecular complexity index is 885. The summed E-state index contributed by atoms with van der Waals surface area (Å²) in [4.78, 5) is 28.0. The number of hydrogen-bond donors (Lipinski definition) is 4. The summed E-state index contributed by atoms with van der Waals surface area (Å²) in [7, 11) is 3.86. The maximum atomic E-state index is 12.6. The zero-order valence-electron chi connectivity index (χ0n) is 18.9. The first-order chi connectivity index (χ1) is 14.9. The van der Waals surface area contributed by atoms with Gasteiger partial charge in [0.2, 0.25) is 0 Å². The highest BCUT2D eigenvalue weighted by molar-refractivity contribution is 6.39. The van der Waals surface area contributed by atoms with Gasteiger partial charge in [-0.3, -0.25) is 9.59 Å². The smallest absolute Gasteiger partial charge is 0.313 e. The molecule has 2 aromatic carbocycles. The van der Waals surface area contributed by atoms with Gasteiger partial charge in [0.05, 0.1) is 20.7 Å². The summed E-state index contributed by atoms with van der Waals surface area (Å²) in [5, 5.41) is 5.63. The first-order valence-electron chi connectivity index (χ1n) is 10.8. The molecule has 0 spiro atoms. The molecular formula is C24H34N4O3+2. The van der Waals surface area contributed by atoms with Crippen LogP contribution in [0.15, 0.2) is 42.5 Å². The predicted molar refractivity (Wildman–Crippen MR) is 121 cm³/mol. The summed E-state index contributed by atoms with van der Waals surface area (Å²) >= 11 is 0. The molecule has 0 aromatic heterocycles. The largest absolute Gasteiger partial charge is 0.497 e.